The number of morpholine rings is 1. The molecule has 1 aliphatic rings. The van der Waals surface area contributed by atoms with Gasteiger partial charge in [0.25, 0.3) is 0 Å². The quantitative estimate of drug-likeness (QED) is 0.747. The number of carbonyl (C=O) groups excluding carboxylic acids is 1. The topological polar surface area (TPSA) is 84.9 Å². The molecule has 2 aromatic rings. The maximum atomic E-state index is 12.7. The second-order valence-electron chi connectivity index (χ2n) is 6.94. The number of anilines is 1. The summed E-state index contributed by atoms with van der Waals surface area (Å²) in [6.07, 6.45) is 0.160. The third kappa shape index (κ3) is 5.56. The molecule has 29 heavy (non-hydrogen) atoms. The second-order valence-corrected chi connectivity index (χ2v) is 8.87. The van der Waals surface area contributed by atoms with Crippen molar-refractivity contribution < 1.29 is 22.7 Å². The van der Waals surface area contributed by atoms with Crippen molar-refractivity contribution >= 4 is 21.6 Å². The van der Waals surface area contributed by atoms with E-state index in [4.69, 9.17) is 9.47 Å². The molecule has 1 heterocycles. The number of hydrogen-bond donors (Lipinski definition) is 1. The number of sulfonamides is 1. The average molecular weight is 419 g/mol. The summed E-state index contributed by atoms with van der Waals surface area (Å²) in [4.78, 5) is 12.4. The number of amides is 1. The highest BCUT2D eigenvalue weighted by Crippen LogP contribution is 2.21. The molecule has 0 radical (unpaired) electrons. The summed E-state index contributed by atoms with van der Waals surface area (Å²) in [5.41, 5.74) is 2.75. The summed E-state index contributed by atoms with van der Waals surface area (Å²) < 4.78 is 37.7. The Bertz CT molecular complexity index is 969. The summed E-state index contributed by atoms with van der Waals surface area (Å²) in [6, 6.07) is 12.1. The molecule has 0 spiro atoms. The molecule has 1 amide bonds. The van der Waals surface area contributed by atoms with E-state index in [0.29, 0.717) is 32.0 Å². The fourth-order valence-electron chi connectivity index (χ4n) is 2.96. The normalized spacial score (nSPS) is 15.1. The van der Waals surface area contributed by atoms with Crippen LogP contribution in [-0.4, -0.2) is 51.5 Å². The molecule has 7 nitrogen and oxygen atoms in total. The van der Waals surface area contributed by atoms with Crippen LogP contribution in [0.4, 0.5) is 5.69 Å². The zero-order valence-corrected chi connectivity index (χ0v) is 17.5. The van der Waals surface area contributed by atoms with E-state index in [1.54, 1.807) is 12.1 Å². The summed E-state index contributed by atoms with van der Waals surface area (Å²) in [7, 11) is -3.60. The minimum atomic E-state index is -3.60. The van der Waals surface area contributed by atoms with Crippen molar-refractivity contribution in [3.63, 3.8) is 0 Å². The Morgan fingerprint density at radius 2 is 1.86 bits per heavy atom. The lowest BCUT2D eigenvalue weighted by Crippen LogP contribution is -2.40. The van der Waals surface area contributed by atoms with E-state index >= 15 is 0 Å². The SMILES string of the molecule is Cc1ccc(OCCC(=O)Nc2cccc(S(=O)(=O)N3CCOCC3)c2)cc1C. The van der Waals surface area contributed by atoms with E-state index in [1.807, 2.05) is 32.0 Å². The molecule has 8 heteroatoms. The Labute approximate surface area is 171 Å². The Hall–Kier alpha value is -2.42. The lowest BCUT2D eigenvalue weighted by atomic mass is 10.1. The first kappa shape index (κ1) is 21.3. The van der Waals surface area contributed by atoms with Gasteiger partial charge >= 0.3 is 0 Å². The van der Waals surface area contributed by atoms with E-state index in [0.717, 1.165) is 11.3 Å². The number of hydrogen-bond acceptors (Lipinski definition) is 5. The van der Waals surface area contributed by atoms with Crippen LogP contribution in [0.2, 0.25) is 0 Å². The molecule has 1 aliphatic heterocycles. The van der Waals surface area contributed by atoms with Gasteiger partial charge in [0.2, 0.25) is 15.9 Å². The van der Waals surface area contributed by atoms with Gasteiger partial charge in [-0.15, -0.1) is 0 Å². The highest BCUT2D eigenvalue weighted by Gasteiger charge is 2.26. The molecule has 0 aliphatic carbocycles. The molecular formula is C21H26N2O5S. The summed E-state index contributed by atoms with van der Waals surface area (Å²) in [6.45, 7) is 5.70. The smallest absolute Gasteiger partial charge is 0.243 e. The van der Waals surface area contributed by atoms with Crippen LogP contribution in [0.25, 0.3) is 0 Å². The predicted molar refractivity (Wildman–Crippen MR) is 111 cm³/mol. The highest BCUT2D eigenvalue weighted by atomic mass is 32.2. The van der Waals surface area contributed by atoms with Crippen LogP contribution in [0.5, 0.6) is 5.75 Å². The monoisotopic (exact) mass is 418 g/mol. The number of ether oxygens (including phenoxy) is 2. The second kappa shape index (κ2) is 9.39. The van der Waals surface area contributed by atoms with Gasteiger partial charge in [0.1, 0.15) is 5.75 Å². The minimum Gasteiger partial charge on any atom is -0.493 e. The number of nitrogens with one attached hydrogen (secondary N) is 1. The van der Waals surface area contributed by atoms with Gasteiger partial charge in [-0.1, -0.05) is 12.1 Å². The molecule has 1 saturated heterocycles. The van der Waals surface area contributed by atoms with Crippen molar-refractivity contribution in [3.05, 3.63) is 53.6 Å². The molecule has 0 aromatic heterocycles. The average Bonchev–Trinajstić information content (AvgIpc) is 2.71. The van der Waals surface area contributed by atoms with Crippen LogP contribution in [0, 0.1) is 13.8 Å². The first-order chi connectivity index (χ1) is 13.9. The maximum absolute atomic E-state index is 12.7. The lowest BCUT2D eigenvalue weighted by molar-refractivity contribution is -0.116. The van der Waals surface area contributed by atoms with Crippen molar-refractivity contribution in [1.29, 1.82) is 0 Å². The van der Waals surface area contributed by atoms with E-state index in [-0.39, 0.29) is 23.8 Å². The van der Waals surface area contributed by atoms with Gasteiger partial charge in [-0.05, 0) is 55.3 Å². The molecular weight excluding hydrogens is 392 g/mol. The van der Waals surface area contributed by atoms with Crippen LogP contribution in [0.15, 0.2) is 47.4 Å². The number of nitrogens with zero attached hydrogens (tertiary/aromatic N) is 1. The predicted octanol–water partition coefficient (Wildman–Crippen LogP) is 2.73. The van der Waals surface area contributed by atoms with E-state index in [2.05, 4.69) is 5.32 Å². The van der Waals surface area contributed by atoms with Crippen molar-refractivity contribution in [3.8, 4) is 5.75 Å². The molecule has 156 valence electrons. The van der Waals surface area contributed by atoms with Gasteiger partial charge < -0.3 is 14.8 Å². The fourth-order valence-corrected chi connectivity index (χ4v) is 4.41. The first-order valence-corrected chi connectivity index (χ1v) is 11.0. The van der Waals surface area contributed by atoms with Crippen LogP contribution in [0.3, 0.4) is 0 Å². The largest absolute Gasteiger partial charge is 0.493 e. The Kier molecular flexibility index (Phi) is 6.89. The highest BCUT2D eigenvalue weighted by molar-refractivity contribution is 7.89. The van der Waals surface area contributed by atoms with Crippen molar-refractivity contribution in [1.82, 2.24) is 4.31 Å². The Morgan fingerprint density at radius 1 is 1.10 bits per heavy atom. The molecule has 0 atom stereocenters. The molecule has 2 aromatic carbocycles. The molecule has 1 N–H and O–H groups in total. The Balaban J connectivity index is 1.56. The minimum absolute atomic E-state index is 0.156. The molecule has 0 saturated carbocycles. The van der Waals surface area contributed by atoms with Crippen molar-refractivity contribution in [2.75, 3.05) is 38.2 Å². The van der Waals surface area contributed by atoms with Gasteiger partial charge in [-0.25, -0.2) is 8.42 Å². The third-order valence-electron chi connectivity index (χ3n) is 4.80. The van der Waals surface area contributed by atoms with Gasteiger partial charge in [0.15, 0.2) is 0 Å². The molecule has 0 bridgehead atoms. The number of rotatable bonds is 7. The van der Waals surface area contributed by atoms with Crippen LogP contribution < -0.4 is 10.1 Å². The van der Waals surface area contributed by atoms with Gasteiger partial charge in [0.05, 0.1) is 31.1 Å². The third-order valence-corrected chi connectivity index (χ3v) is 6.70. The number of aryl methyl sites for hydroxylation is 2. The molecule has 1 fully saturated rings. The zero-order valence-electron chi connectivity index (χ0n) is 16.7. The van der Waals surface area contributed by atoms with Gasteiger partial charge in [-0.2, -0.15) is 4.31 Å². The fraction of sp³-hybridized carbons (Fsp3) is 0.381. The number of benzene rings is 2. The van der Waals surface area contributed by atoms with Crippen molar-refractivity contribution in [2.45, 2.75) is 25.2 Å². The first-order valence-electron chi connectivity index (χ1n) is 9.54. The van der Waals surface area contributed by atoms with E-state index in [9.17, 15) is 13.2 Å². The van der Waals surface area contributed by atoms with Gasteiger partial charge in [-0.3, -0.25) is 4.79 Å². The van der Waals surface area contributed by atoms with Gasteiger partial charge in [0, 0.05) is 18.8 Å². The van der Waals surface area contributed by atoms with E-state index < -0.39 is 10.0 Å². The van der Waals surface area contributed by atoms with Crippen LogP contribution in [0.1, 0.15) is 17.5 Å². The maximum Gasteiger partial charge on any atom is 0.243 e. The Morgan fingerprint density at radius 3 is 2.59 bits per heavy atom. The standard InChI is InChI=1S/C21H26N2O5S/c1-16-6-7-19(14-17(16)2)28-11-8-21(24)22-18-4-3-5-20(15-18)29(25,26)23-9-12-27-13-10-23/h3-7,14-15H,8-13H2,1-2H3,(H,22,24). The number of carbonyl (C=O) groups is 1. The van der Waals surface area contributed by atoms with Crippen LogP contribution >= 0.6 is 0 Å². The summed E-state index contributed by atoms with van der Waals surface area (Å²) in [5.74, 6) is 0.481. The van der Waals surface area contributed by atoms with Crippen molar-refractivity contribution in [2.24, 2.45) is 0 Å². The summed E-state index contributed by atoms with van der Waals surface area (Å²) in [5, 5.41) is 2.74. The van der Waals surface area contributed by atoms with Crippen LogP contribution in [-0.2, 0) is 19.6 Å². The lowest BCUT2D eigenvalue weighted by Gasteiger charge is -2.26. The molecule has 0 unspecified atom stereocenters. The summed E-state index contributed by atoms with van der Waals surface area (Å²) >= 11 is 0. The van der Waals surface area contributed by atoms with E-state index in [1.165, 1.54) is 22.0 Å². The molecule has 3 rings (SSSR count). The zero-order chi connectivity index (χ0) is 20.9.